The molecule has 0 bridgehead atoms. The van der Waals surface area contributed by atoms with Crippen molar-refractivity contribution in [1.29, 1.82) is 0 Å². The summed E-state index contributed by atoms with van der Waals surface area (Å²) in [7, 11) is 0. The van der Waals surface area contributed by atoms with Crippen LogP contribution < -0.4 is 5.32 Å². The van der Waals surface area contributed by atoms with Crippen molar-refractivity contribution in [3.05, 3.63) is 30.1 Å². The molecule has 2 aliphatic heterocycles. The molecular formula is C16H22FN3O. The van der Waals surface area contributed by atoms with Gasteiger partial charge in [0.1, 0.15) is 5.82 Å². The van der Waals surface area contributed by atoms with Gasteiger partial charge in [-0.15, -0.1) is 0 Å². The molecule has 2 fully saturated rings. The van der Waals surface area contributed by atoms with E-state index < -0.39 is 0 Å². The average molecular weight is 291 g/mol. The molecule has 0 atom stereocenters. The predicted octanol–water partition coefficient (Wildman–Crippen LogP) is 2.92. The molecule has 114 valence electrons. The van der Waals surface area contributed by atoms with Gasteiger partial charge < -0.3 is 10.2 Å². The number of urea groups is 1. The number of rotatable bonds is 2. The van der Waals surface area contributed by atoms with Crippen molar-refractivity contribution in [3.63, 3.8) is 0 Å². The molecule has 2 heterocycles. The highest BCUT2D eigenvalue weighted by Gasteiger charge is 2.34. The third-order valence-electron chi connectivity index (χ3n) is 4.40. The fraction of sp³-hybridized carbons (Fsp3) is 0.562. The molecule has 3 rings (SSSR count). The van der Waals surface area contributed by atoms with Crippen LogP contribution in [0.2, 0.25) is 0 Å². The number of hydrogen-bond acceptors (Lipinski definition) is 2. The summed E-state index contributed by atoms with van der Waals surface area (Å²) in [5, 5.41) is 2.81. The Balaban J connectivity index is 1.46. The Hall–Kier alpha value is -1.62. The Bertz CT molecular complexity index is 477. The monoisotopic (exact) mass is 291 g/mol. The summed E-state index contributed by atoms with van der Waals surface area (Å²) in [5.41, 5.74) is 0.639. The van der Waals surface area contributed by atoms with Crippen molar-refractivity contribution >= 4 is 11.7 Å². The molecule has 0 radical (unpaired) electrons. The fourth-order valence-corrected chi connectivity index (χ4v) is 3.05. The number of benzene rings is 1. The zero-order valence-electron chi connectivity index (χ0n) is 12.2. The standard InChI is InChI=1S/C16H22FN3O/c17-13-5-7-14(8-6-13)18-16(21)20-11-15(12-20)19-9-3-1-2-4-10-19/h5-8,15H,1-4,9-12H2,(H,18,21). The maximum absolute atomic E-state index is 12.8. The summed E-state index contributed by atoms with van der Waals surface area (Å²) < 4.78 is 12.8. The minimum Gasteiger partial charge on any atom is -0.321 e. The molecule has 0 spiro atoms. The number of carbonyl (C=O) groups is 1. The summed E-state index contributed by atoms with van der Waals surface area (Å²) in [6, 6.07) is 6.30. The molecule has 0 aliphatic carbocycles. The third kappa shape index (κ3) is 3.53. The lowest BCUT2D eigenvalue weighted by Gasteiger charge is -2.45. The molecule has 2 amide bonds. The molecule has 2 aliphatic rings. The van der Waals surface area contributed by atoms with Crippen LogP contribution in [0.25, 0.3) is 0 Å². The molecule has 2 saturated heterocycles. The van der Waals surface area contributed by atoms with Gasteiger partial charge in [-0.2, -0.15) is 0 Å². The number of amides is 2. The predicted molar refractivity (Wildman–Crippen MR) is 80.8 cm³/mol. The highest BCUT2D eigenvalue weighted by Crippen LogP contribution is 2.20. The zero-order chi connectivity index (χ0) is 14.7. The van der Waals surface area contributed by atoms with Gasteiger partial charge in [-0.3, -0.25) is 4.90 Å². The summed E-state index contributed by atoms with van der Waals surface area (Å²) in [6.45, 7) is 3.93. The van der Waals surface area contributed by atoms with E-state index in [4.69, 9.17) is 0 Å². The van der Waals surface area contributed by atoms with Crippen molar-refractivity contribution in [3.8, 4) is 0 Å². The Morgan fingerprint density at radius 1 is 1.05 bits per heavy atom. The van der Waals surface area contributed by atoms with Gasteiger partial charge in [0.2, 0.25) is 0 Å². The number of hydrogen-bond donors (Lipinski definition) is 1. The van der Waals surface area contributed by atoms with E-state index in [1.54, 1.807) is 12.1 Å². The van der Waals surface area contributed by atoms with E-state index >= 15 is 0 Å². The Morgan fingerprint density at radius 2 is 1.67 bits per heavy atom. The van der Waals surface area contributed by atoms with Gasteiger partial charge in [-0.25, -0.2) is 9.18 Å². The first-order valence-corrected chi connectivity index (χ1v) is 7.78. The highest BCUT2D eigenvalue weighted by atomic mass is 19.1. The smallest absolute Gasteiger partial charge is 0.321 e. The molecule has 0 unspecified atom stereocenters. The van der Waals surface area contributed by atoms with E-state index in [1.165, 1.54) is 37.8 Å². The van der Waals surface area contributed by atoms with Gasteiger partial charge in [0.25, 0.3) is 0 Å². The van der Waals surface area contributed by atoms with E-state index in [1.807, 2.05) is 4.90 Å². The van der Waals surface area contributed by atoms with Gasteiger partial charge in [0.15, 0.2) is 0 Å². The first-order chi connectivity index (χ1) is 10.2. The Labute approximate surface area is 124 Å². The summed E-state index contributed by atoms with van der Waals surface area (Å²) >= 11 is 0. The van der Waals surface area contributed by atoms with Gasteiger partial charge in [0.05, 0.1) is 0 Å². The van der Waals surface area contributed by atoms with Gasteiger partial charge in [0, 0.05) is 24.8 Å². The van der Waals surface area contributed by atoms with Crippen LogP contribution in [0.1, 0.15) is 25.7 Å². The summed E-state index contributed by atoms with van der Waals surface area (Å²) in [6.07, 6.45) is 5.21. The fourth-order valence-electron chi connectivity index (χ4n) is 3.05. The third-order valence-corrected chi connectivity index (χ3v) is 4.40. The maximum Gasteiger partial charge on any atom is 0.321 e. The van der Waals surface area contributed by atoms with Crippen LogP contribution in [0, 0.1) is 5.82 Å². The second-order valence-electron chi connectivity index (χ2n) is 5.95. The minimum absolute atomic E-state index is 0.0901. The highest BCUT2D eigenvalue weighted by molar-refractivity contribution is 5.89. The van der Waals surface area contributed by atoms with Crippen molar-refractivity contribution in [2.45, 2.75) is 31.7 Å². The second-order valence-corrected chi connectivity index (χ2v) is 5.95. The average Bonchev–Trinajstić information content (AvgIpc) is 2.69. The molecule has 1 aromatic carbocycles. The van der Waals surface area contributed by atoms with E-state index in [-0.39, 0.29) is 11.8 Å². The molecule has 0 aromatic heterocycles. The van der Waals surface area contributed by atoms with E-state index in [0.717, 1.165) is 26.2 Å². The lowest BCUT2D eigenvalue weighted by Crippen LogP contribution is -2.62. The van der Waals surface area contributed by atoms with E-state index in [9.17, 15) is 9.18 Å². The molecule has 5 heteroatoms. The first kappa shape index (κ1) is 14.3. The van der Waals surface area contributed by atoms with Crippen LogP contribution >= 0.6 is 0 Å². The van der Waals surface area contributed by atoms with Crippen molar-refractivity contribution in [1.82, 2.24) is 9.80 Å². The quantitative estimate of drug-likeness (QED) is 0.909. The number of carbonyl (C=O) groups excluding carboxylic acids is 1. The van der Waals surface area contributed by atoms with E-state index in [2.05, 4.69) is 10.2 Å². The first-order valence-electron chi connectivity index (χ1n) is 7.78. The van der Waals surface area contributed by atoms with Crippen LogP contribution in [0.5, 0.6) is 0 Å². The summed E-state index contributed by atoms with van der Waals surface area (Å²) in [5.74, 6) is -0.293. The lowest BCUT2D eigenvalue weighted by atomic mass is 10.1. The van der Waals surface area contributed by atoms with Crippen LogP contribution in [0.3, 0.4) is 0 Å². The van der Waals surface area contributed by atoms with Crippen molar-refractivity contribution in [2.24, 2.45) is 0 Å². The van der Waals surface area contributed by atoms with Gasteiger partial charge >= 0.3 is 6.03 Å². The summed E-state index contributed by atoms with van der Waals surface area (Å²) in [4.78, 5) is 16.4. The molecule has 1 N–H and O–H groups in total. The number of halogens is 1. The molecule has 4 nitrogen and oxygen atoms in total. The van der Waals surface area contributed by atoms with Crippen LogP contribution in [-0.2, 0) is 0 Å². The van der Waals surface area contributed by atoms with Crippen molar-refractivity contribution in [2.75, 3.05) is 31.5 Å². The normalized spacial score (nSPS) is 20.7. The molecule has 1 aromatic rings. The number of likely N-dealkylation sites (tertiary alicyclic amines) is 2. The second kappa shape index (κ2) is 6.43. The number of nitrogens with zero attached hydrogens (tertiary/aromatic N) is 2. The van der Waals surface area contributed by atoms with Crippen molar-refractivity contribution < 1.29 is 9.18 Å². The largest absolute Gasteiger partial charge is 0.321 e. The molecule has 21 heavy (non-hydrogen) atoms. The Morgan fingerprint density at radius 3 is 2.29 bits per heavy atom. The molecule has 0 saturated carbocycles. The van der Waals surface area contributed by atoms with Gasteiger partial charge in [-0.05, 0) is 50.2 Å². The minimum atomic E-state index is -0.293. The number of anilines is 1. The zero-order valence-corrected chi connectivity index (χ0v) is 12.2. The van der Waals surface area contributed by atoms with E-state index in [0.29, 0.717) is 11.7 Å². The lowest BCUT2D eigenvalue weighted by molar-refractivity contribution is 0.0638. The van der Waals surface area contributed by atoms with Gasteiger partial charge in [-0.1, -0.05) is 12.8 Å². The van der Waals surface area contributed by atoms with Crippen LogP contribution in [0.15, 0.2) is 24.3 Å². The maximum atomic E-state index is 12.8. The van der Waals surface area contributed by atoms with Crippen LogP contribution in [0.4, 0.5) is 14.9 Å². The SMILES string of the molecule is O=C(Nc1ccc(F)cc1)N1CC(N2CCCCCC2)C1. The number of nitrogens with one attached hydrogen (secondary N) is 1. The Kier molecular flexibility index (Phi) is 4.39. The molecular weight excluding hydrogens is 269 g/mol. The van der Waals surface area contributed by atoms with Crippen LogP contribution in [-0.4, -0.2) is 48.1 Å². The topological polar surface area (TPSA) is 35.6 Å².